The van der Waals surface area contributed by atoms with E-state index < -0.39 is 10.0 Å². The Hall–Kier alpha value is -3.12. The number of sulfonamides is 1. The average Bonchev–Trinajstić information content (AvgIpc) is 2.74. The van der Waals surface area contributed by atoms with E-state index in [1.165, 1.54) is 12.1 Å². The number of benzene rings is 3. The Labute approximate surface area is 172 Å². The van der Waals surface area contributed by atoms with Crippen LogP contribution in [0.2, 0.25) is 0 Å². The van der Waals surface area contributed by atoms with Crippen LogP contribution in [0.25, 0.3) is 0 Å². The van der Waals surface area contributed by atoms with Gasteiger partial charge in [-0.25, -0.2) is 8.42 Å². The summed E-state index contributed by atoms with van der Waals surface area (Å²) < 4.78 is 27.6. The molecule has 0 bridgehead atoms. The van der Waals surface area contributed by atoms with Crippen molar-refractivity contribution in [1.29, 1.82) is 0 Å². The van der Waals surface area contributed by atoms with E-state index in [1.807, 2.05) is 43.3 Å². The molecule has 1 N–H and O–H groups in total. The molecule has 29 heavy (non-hydrogen) atoms. The standard InChI is InChI=1S/C23H24N2O3S/c1-2-17-25(18-19-9-5-3-6-10-19)23(26)20-13-15-22(16-14-20)29(27,28)24-21-11-7-4-8-12-21/h3-16,24H,2,17-18H2,1H3. The zero-order valence-electron chi connectivity index (χ0n) is 16.3. The number of hydrogen-bond donors (Lipinski definition) is 1. The lowest BCUT2D eigenvalue weighted by molar-refractivity contribution is 0.0743. The Morgan fingerprint density at radius 3 is 2.03 bits per heavy atom. The van der Waals surface area contributed by atoms with E-state index in [2.05, 4.69) is 4.72 Å². The van der Waals surface area contributed by atoms with Gasteiger partial charge in [0.1, 0.15) is 0 Å². The molecule has 0 spiro atoms. The van der Waals surface area contributed by atoms with Crippen LogP contribution in [0.15, 0.2) is 89.8 Å². The molecule has 5 nitrogen and oxygen atoms in total. The van der Waals surface area contributed by atoms with Crippen molar-refractivity contribution in [2.75, 3.05) is 11.3 Å². The van der Waals surface area contributed by atoms with Crippen LogP contribution in [0.4, 0.5) is 5.69 Å². The minimum Gasteiger partial charge on any atom is -0.334 e. The van der Waals surface area contributed by atoms with Gasteiger partial charge in [0.05, 0.1) is 4.90 Å². The Morgan fingerprint density at radius 2 is 1.45 bits per heavy atom. The molecular weight excluding hydrogens is 384 g/mol. The van der Waals surface area contributed by atoms with E-state index in [9.17, 15) is 13.2 Å². The van der Waals surface area contributed by atoms with Crippen LogP contribution < -0.4 is 4.72 Å². The number of nitrogens with one attached hydrogen (secondary N) is 1. The van der Waals surface area contributed by atoms with Gasteiger partial charge in [-0.05, 0) is 48.4 Å². The number of nitrogens with zero attached hydrogens (tertiary/aromatic N) is 1. The minimum absolute atomic E-state index is 0.114. The zero-order valence-corrected chi connectivity index (χ0v) is 17.1. The molecule has 6 heteroatoms. The van der Waals surface area contributed by atoms with Crippen LogP contribution in [0.5, 0.6) is 0 Å². The summed E-state index contributed by atoms with van der Waals surface area (Å²) in [5.74, 6) is -0.115. The summed E-state index contributed by atoms with van der Waals surface area (Å²) in [5, 5.41) is 0. The first-order valence-electron chi connectivity index (χ1n) is 9.51. The first kappa shape index (κ1) is 20.6. The zero-order chi connectivity index (χ0) is 20.7. The molecule has 0 aliphatic rings. The number of carbonyl (C=O) groups is 1. The van der Waals surface area contributed by atoms with Gasteiger partial charge in [0.15, 0.2) is 0 Å². The lowest BCUT2D eigenvalue weighted by atomic mass is 10.1. The van der Waals surface area contributed by atoms with Crippen LogP contribution in [0, 0.1) is 0 Å². The van der Waals surface area contributed by atoms with Crippen molar-refractivity contribution in [3.8, 4) is 0 Å². The summed E-state index contributed by atoms with van der Waals surface area (Å²) >= 11 is 0. The summed E-state index contributed by atoms with van der Waals surface area (Å²) in [6.07, 6.45) is 0.839. The fraction of sp³-hybridized carbons (Fsp3) is 0.174. The third kappa shape index (κ3) is 5.45. The van der Waals surface area contributed by atoms with E-state index in [1.54, 1.807) is 41.3 Å². The smallest absolute Gasteiger partial charge is 0.261 e. The summed E-state index contributed by atoms with van der Waals surface area (Å²) in [4.78, 5) is 14.8. The molecule has 0 atom stereocenters. The molecule has 0 aliphatic carbocycles. The number of rotatable bonds is 8. The predicted molar refractivity (Wildman–Crippen MR) is 115 cm³/mol. The predicted octanol–water partition coefficient (Wildman–Crippen LogP) is 4.54. The SMILES string of the molecule is CCCN(Cc1ccccc1)C(=O)c1ccc(S(=O)(=O)Nc2ccccc2)cc1. The Kier molecular flexibility index (Phi) is 6.67. The Morgan fingerprint density at radius 1 is 0.862 bits per heavy atom. The van der Waals surface area contributed by atoms with Crippen LogP contribution in [0.3, 0.4) is 0 Å². The fourth-order valence-corrected chi connectivity index (χ4v) is 4.06. The normalized spacial score (nSPS) is 11.1. The van der Waals surface area contributed by atoms with Gasteiger partial charge in [-0.1, -0.05) is 55.5 Å². The van der Waals surface area contributed by atoms with Crippen molar-refractivity contribution in [1.82, 2.24) is 4.90 Å². The maximum atomic E-state index is 13.0. The first-order chi connectivity index (χ1) is 14.0. The van der Waals surface area contributed by atoms with E-state index in [0.717, 1.165) is 12.0 Å². The second kappa shape index (κ2) is 9.39. The third-order valence-corrected chi connectivity index (χ3v) is 5.83. The largest absolute Gasteiger partial charge is 0.334 e. The Balaban J connectivity index is 1.76. The molecule has 3 aromatic carbocycles. The first-order valence-corrected chi connectivity index (χ1v) is 11.0. The van der Waals surface area contributed by atoms with Crippen LogP contribution in [-0.4, -0.2) is 25.8 Å². The van der Waals surface area contributed by atoms with E-state index in [-0.39, 0.29) is 10.8 Å². The third-order valence-electron chi connectivity index (χ3n) is 4.43. The van der Waals surface area contributed by atoms with Crippen molar-refractivity contribution in [3.63, 3.8) is 0 Å². The van der Waals surface area contributed by atoms with Crippen LogP contribution >= 0.6 is 0 Å². The van der Waals surface area contributed by atoms with Gasteiger partial charge in [0.2, 0.25) is 0 Å². The highest BCUT2D eigenvalue weighted by atomic mass is 32.2. The maximum Gasteiger partial charge on any atom is 0.261 e. The molecule has 150 valence electrons. The van der Waals surface area contributed by atoms with Gasteiger partial charge in [-0.2, -0.15) is 0 Å². The molecule has 0 radical (unpaired) electrons. The number of amides is 1. The van der Waals surface area contributed by atoms with Gasteiger partial charge in [0, 0.05) is 24.3 Å². The summed E-state index contributed by atoms with van der Waals surface area (Å²) in [5.41, 5.74) is 2.01. The highest BCUT2D eigenvalue weighted by Crippen LogP contribution is 2.18. The van der Waals surface area contributed by atoms with Crippen molar-refractivity contribution in [2.45, 2.75) is 24.8 Å². The molecular formula is C23H24N2O3S. The number of para-hydroxylation sites is 1. The fourth-order valence-electron chi connectivity index (χ4n) is 3.01. The number of hydrogen-bond acceptors (Lipinski definition) is 3. The van der Waals surface area contributed by atoms with E-state index >= 15 is 0 Å². The van der Waals surface area contributed by atoms with Gasteiger partial charge < -0.3 is 4.90 Å². The molecule has 0 heterocycles. The highest BCUT2D eigenvalue weighted by Gasteiger charge is 2.18. The van der Waals surface area contributed by atoms with Crippen molar-refractivity contribution < 1.29 is 13.2 Å². The average molecular weight is 409 g/mol. The highest BCUT2D eigenvalue weighted by molar-refractivity contribution is 7.92. The molecule has 0 fully saturated rings. The van der Waals surface area contributed by atoms with Gasteiger partial charge in [-0.15, -0.1) is 0 Å². The summed E-state index contributed by atoms with van der Waals surface area (Å²) in [6, 6.07) is 24.6. The summed E-state index contributed by atoms with van der Waals surface area (Å²) in [7, 11) is -3.71. The van der Waals surface area contributed by atoms with E-state index in [4.69, 9.17) is 0 Å². The lowest BCUT2D eigenvalue weighted by Crippen LogP contribution is -2.31. The Bertz CT molecular complexity index is 1030. The molecule has 0 saturated heterocycles. The monoisotopic (exact) mass is 408 g/mol. The van der Waals surface area contributed by atoms with Crippen molar-refractivity contribution >= 4 is 21.6 Å². The second-order valence-electron chi connectivity index (χ2n) is 6.71. The minimum atomic E-state index is -3.71. The van der Waals surface area contributed by atoms with Gasteiger partial charge in [-0.3, -0.25) is 9.52 Å². The topological polar surface area (TPSA) is 66.5 Å². The van der Waals surface area contributed by atoms with Gasteiger partial charge in [0.25, 0.3) is 15.9 Å². The molecule has 0 saturated carbocycles. The maximum absolute atomic E-state index is 13.0. The second-order valence-corrected chi connectivity index (χ2v) is 8.39. The molecule has 0 aliphatic heterocycles. The van der Waals surface area contributed by atoms with Crippen LogP contribution in [0.1, 0.15) is 29.3 Å². The molecule has 0 aromatic heterocycles. The van der Waals surface area contributed by atoms with E-state index in [0.29, 0.717) is 24.3 Å². The van der Waals surface area contributed by atoms with Gasteiger partial charge >= 0.3 is 0 Å². The number of anilines is 1. The molecule has 1 amide bonds. The summed E-state index contributed by atoms with van der Waals surface area (Å²) in [6.45, 7) is 3.17. The lowest BCUT2D eigenvalue weighted by Gasteiger charge is -2.22. The quantitative estimate of drug-likeness (QED) is 0.595. The molecule has 3 rings (SSSR count). The van der Waals surface area contributed by atoms with Crippen LogP contribution in [-0.2, 0) is 16.6 Å². The van der Waals surface area contributed by atoms with Crippen molar-refractivity contribution in [3.05, 3.63) is 96.1 Å². The molecule has 0 unspecified atom stereocenters. The molecule has 3 aromatic rings. The van der Waals surface area contributed by atoms with Crippen molar-refractivity contribution in [2.24, 2.45) is 0 Å². The number of carbonyl (C=O) groups excluding carboxylic acids is 1.